The molecule has 7 atom stereocenters. The van der Waals surface area contributed by atoms with Crippen molar-refractivity contribution in [3.05, 3.63) is 65.2 Å². The third kappa shape index (κ3) is 9.98. The van der Waals surface area contributed by atoms with Crippen molar-refractivity contribution in [2.24, 2.45) is 0 Å². The van der Waals surface area contributed by atoms with E-state index in [2.05, 4.69) is 9.97 Å². The molecule has 0 bridgehead atoms. The number of ether oxygens (including phenoxy) is 4. The van der Waals surface area contributed by atoms with Crippen LogP contribution in [0.2, 0.25) is 0 Å². The Hall–Kier alpha value is -3.61. The van der Waals surface area contributed by atoms with E-state index in [9.17, 15) is 38.1 Å². The Kier molecular flexibility index (Phi) is 12.3. The van der Waals surface area contributed by atoms with Crippen LogP contribution in [0.5, 0.6) is 0 Å². The number of Topliss-reactive ketones (excluding diaryl/α,β-unsaturated/α-hetero) is 1. The van der Waals surface area contributed by atoms with Gasteiger partial charge in [-0.3, -0.25) is 47.3 Å². The number of hydrogen-bond acceptors (Lipinski definition) is 15. The zero-order valence-corrected chi connectivity index (χ0v) is 29.0. The lowest BCUT2D eigenvalue weighted by atomic mass is 10.1. The number of rotatable bonds is 15. The normalized spacial score (nSPS) is 25.0. The van der Waals surface area contributed by atoms with E-state index in [0.717, 1.165) is 9.13 Å². The highest BCUT2D eigenvalue weighted by molar-refractivity contribution is 8.55. The van der Waals surface area contributed by atoms with Gasteiger partial charge in [0.1, 0.15) is 36.4 Å². The van der Waals surface area contributed by atoms with Gasteiger partial charge in [0.15, 0.2) is 0 Å². The van der Waals surface area contributed by atoms with Gasteiger partial charge in [-0.1, -0.05) is 6.92 Å². The van der Waals surface area contributed by atoms with E-state index in [1.165, 1.54) is 33.2 Å². The van der Waals surface area contributed by atoms with Gasteiger partial charge in [0.05, 0.1) is 25.2 Å². The number of aryl methyl sites for hydroxylation is 2. The van der Waals surface area contributed by atoms with Crippen LogP contribution >= 0.6 is 18.2 Å². The molecule has 18 nitrogen and oxygen atoms in total. The number of carbonyl (C=O) groups excluding carboxylic acids is 3. The minimum atomic E-state index is -4.34. The summed E-state index contributed by atoms with van der Waals surface area (Å²) in [5.41, 5.74) is -2.29. The second-order valence-electron chi connectivity index (χ2n) is 11.4. The van der Waals surface area contributed by atoms with Crippen molar-refractivity contribution in [3.8, 4) is 0 Å². The van der Waals surface area contributed by atoms with Crippen molar-refractivity contribution in [1.29, 1.82) is 0 Å². The minimum absolute atomic E-state index is 0.0382. The summed E-state index contributed by atoms with van der Waals surface area (Å²) in [5.74, 6) is -2.01. The van der Waals surface area contributed by atoms with Crippen LogP contribution in [-0.2, 0) is 46.9 Å². The molecule has 2 fully saturated rings. The zero-order chi connectivity index (χ0) is 36.7. The standard InChI is InChI=1S/C29H39N4O14PS/c1-6-24(35)42-14-49-48(41,47-19-9-22(44-18(19)5)32-11-15(2)26(37)30-28(32)39)43-13-21-20(46-25(36)8-7-17(4)34)10-23(45-21)33-12-16(3)27(38)31-29(33)40/h11-12,18-23H,6-10,13-14H2,1-5H3,(H,30,37,39)(H,31,38,40)/t18-,19-,20-,21-,22-,23-,48?/m1/s1/i5D. The molecule has 270 valence electrons. The smallest absolute Gasteiger partial charge is 0.392 e. The Bertz CT molecular complexity index is 1860. The number of aromatic nitrogens is 4. The molecule has 4 rings (SSSR count). The van der Waals surface area contributed by atoms with Gasteiger partial charge < -0.3 is 23.7 Å². The molecule has 1 unspecified atom stereocenters. The van der Waals surface area contributed by atoms with Gasteiger partial charge in [-0.15, -0.1) is 0 Å². The van der Waals surface area contributed by atoms with Crippen molar-refractivity contribution in [2.75, 3.05) is 12.5 Å². The third-order valence-electron chi connectivity index (χ3n) is 7.62. The molecule has 0 saturated carbocycles. The first-order valence-electron chi connectivity index (χ1n) is 16.0. The number of carbonyl (C=O) groups is 3. The lowest BCUT2D eigenvalue weighted by Gasteiger charge is -2.25. The van der Waals surface area contributed by atoms with E-state index in [4.69, 9.17) is 29.4 Å². The number of nitrogens with zero attached hydrogens (tertiary/aromatic N) is 2. The summed E-state index contributed by atoms with van der Waals surface area (Å²) < 4.78 is 58.8. The van der Waals surface area contributed by atoms with Crippen LogP contribution in [-0.4, -0.2) is 73.8 Å². The fourth-order valence-electron chi connectivity index (χ4n) is 4.92. The van der Waals surface area contributed by atoms with E-state index in [-0.39, 0.29) is 55.9 Å². The first-order chi connectivity index (χ1) is 23.6. The number of hydrogen-bond donors (Lipinski definition) is 2. The summed E-state index contributed by atoms with van der Waals surface area (Å²) in [5, 5.41) is 0. The van der Waals surface area contributed by atoms with Crippen LogP contribution in [0.4, 0.5) is 0 Å². The van der Waals surface area contributed by atoms with Gasteiger partial charge in [-0.25, -0.2) is 14.2 Å². The Morgan fingerprint density at radius 2 is 1.55 bits per heavy atom. The molecule has 2 aliphatic heterocycles. The quantitative estimate of drug-likeness (QED) is 0.151. The lowest BCUT2D eigenvalue weighted by Crippen LogP contribution is -2.33. The molecule has 2 N–H and O–H groups in total. The molecule has 2 saturated heterocycles. The second kappa shape index (κ2) is 16.4. The highest BCUT2D eigenvalue weighted by Crippen LogP contribution is 2.63. The first-order valence-corrected chi connectivity index (χ1v) is 18.4. The van der Waals surface area contributed by atoms with Crippen molar-refractivity contribution >= 4 is 35.9 Å². The topological polar surface area (TPSA) is 233 Å². The summed E-state index contributed by atoms with van der Waals surface area (Å²) in [7, 11) is 0. The third-order valence-corrected chi connectivity index (χ3v) is 11.0. The van der Waals surface area contributed by atoms with Crippen molar-refractivity contribution in [2.45, 2.75) is 104 Å². The fourth-order valence-corrected chi connectivity index (χ4v) is 7.78. The Morgan fingerprint density at radius 3 is 2.12 bits per heavy atom. The maximum absolute atomic E-state index is 14.3. The minimum Gasteiger partial charge on any atom is -0.459 e. The summed E-state index contributed by atoms with van der Waals surface area (Å²) in [4.78, 5) is 89.2. The molecule has 20 heteroatoms. The number of aromatic amines is 2. The molecule has 0 radical (unpaired) electrons. The van der Waals surface area contributed by atoms with E-state index in [0.29, 0.717) is 11.4 Å². The second-order valence-corrected chi connectivity index (χ2v) is 15.4. The molecule has 0 aliphatic carbocycles. The fraction of sp³-hybridized carbons (Fsp3) is 0.621. The Labute approximate surface area is 284 Å². The predicted molar refractivity (Wildman–Crippen MR) is 172 cm³/mol. The molecule has 0 amide bonds. The van der Waals surface area contributed by atoms with E-state index in [1.807, 2.05) is 0 Å². The van der Waals surface area contributed by atoms with Crippen LogP contribution in [0.15, 0.2) is 31.6 Å². The molecular formula is C29H39N4O14PS. The molecular weight excluding hydrogens is 691 g/mol. The summed E-state index contributed by atoms with van der Waals surface area (Å²) in [6, 6.07) is 0. The van der Waals surface area contributed by atoms with E-state index in [1.54, 1.807) is 6.92 Å². The van der Waals surface area contributed by atoms with Crippen LogP contribution in [0, 0.1) is 13.8 Å². The van der Waals surface area contributed by atoms with Crippen molar-refractivity contribution < 1.29 is 48.3 Å². The number of H-pyrrole nitrogens is 2. The molecule has 0 spiro atoms. The summed E-state index contributed by atoms with van der Waals surface area (Å²) in [6.07, 6.45) is -4.15. The van der Waals surface area contributed by atoms with Gasteiger partial charge in [-0.2, -0.15) is 0 Å². The summed E-state index contributed by atoms with van der Waals surface area (Å²) in [6.45, 7) is 0.618. The van der Waals surface area contributed by atoms with Gasteiger partial charge in [0.2, 0.25) is 0 Å². The maximum Gasteiger partial charge on any atom is 0.392 e. The van der Waals surface area contributed by atoms with Gasteiger partial charge in [0, 0.05) is 62.0 Å². The monoisotopic (exact) mass is 731 g/mol. The van der Waals surface area contributed by atoms with Crippen molar-refractivity contribution in [3.63, 3.8) is 0 Å². The van der Waals surface area contributed by atoms with Gasteiger partial charge in [-0.05, 0) is 27.7 Å². The molecule has 4 heterocycles. The SMILES string of the molecule is [2H]C[C@H]1O[C@@H](n2cc(C)c(=O)[nH]c2=O)C[C@H]1OP(=O)(OC[C@H]1O[C@@H](n2cc(C)c(=O)[nH]c2=O)C[C@H]1OC(=O)CCC(C)=O)SCOC(=O)CC. The van der Waals surface area contributed by atoms with E-state index >= 15 is 0 Å². The van der Waals surface area contributed by atoms with Crippen LogP contribution in [0.1, 0.15) is 77.8 Å². The molecule has 0 aromatic carbocycles. The van der Waals surface area contributed by atoms with Gasteiger partial charge in [0.25, 0.3) is 11.1 Å². The maximum atomic E-state index is 14.3. The van der Waals surface area contributed by atoms with Crippen LogP contribution in [0.25, 0.3) is 0 Å². The van der Waals surface area contributed by atoms with Gasteiger partial charge >= 0.3 is 30.1 Å². The molecule has 2 aromatic heterocycles. The Morgan fingerprint density at radius 1 is 0.959 bits per heavy atom. The highest BCUT2D eigenvalue weighted by atomic mass is 32.7. The molecule has 49 heavy (non-hydrogen) atoms. The number of esters is 2. The average molecular weight is 732 g/mol. The molecule has 2 aliphatic rings. The lowest BCUT2D eigenvalue weighted by molar-refractivity contribution is -0.153. The molecule has 2 aromatic rings. The first kappa shape index (κ1) is 36.7. The van der Waals surface area contributed by atoms with Crippen LogP contribution < -0.4 is 22.5 Å². The predicted octanol–water partition coefficient (Wildman–Crippen LogP) is 1.73. The Balaban J connectivity index is 1.57. The zero-order valence-electron chi connectivity index (χ0n) is 28.2. The summed E-state index contributed by atoms with van der Waals surface area (Å²) >= 11 is 0.524. The highest BCUT2D eigenvalue weighted by Gasteiger charge is 2.44. The van der Waals surface area contributed by atoms with E-state index < -0.39 is 90.7 Å². The van der Waals surface area contributed by atoms with Crippen molar-refractivity contribution in [1.82, 2.24) is 19.1 Å². The average Bonchev–Trinajstić information content (AvgIpc) is 3.65. The van der Waals surface area contributed by atoms with Crippen LogP contribution in [0.3, 0.4) is 0 Å². The number of nitrogens with one attached hydrogen (secondary N) is 2. The number of ketones is 1. The largest absolute Gasteiger partial charge is 0.459 e.